The first kappa shape index (κ1) is 20.2. The molecule has 142 valence electrons. The minimum absolute atomic E-state index is 0.119. The van der Waals surface area contributed by atoms with Crippen molar-refractivity contribution in [1.82, 2.24) is 0 Å². The Kier molecular flexibility index (Phi) is 7.11. The molecule has 0 aliphatic rings. The number of hydrogen-bond donors (Lipinski definition) is 1. The van der Waals surface area contributed by atoms with Crippen LogP contribution in [0.1, 0.15) is 23.6 Å². The summed E-state index contributed by atoms with van der Waals surface area (Å²) >= 11 is 0. The Bertz CT molecular complexity index is 861. The van der Waals surface area contributed by atoms with Gasteiger partial charge in [0.2, 0.25) is 0 Å². The van der Waals surface area contributed by atoms with Crippen molar-refractivity contribution in [2.24, 2.45) is 0 Å². The molecule has 0 heterocycles. The van der Waals surface area contributed by atoms with Gasteiger partial charge in [-0.2, -0.15) is 0 Å². The molecule has 0 fully saturated rings. The van der Waals surface area contributed by atoms with Crippen molar-refractivity contribution in [2.75, 3.05) is 19.0 Å². The first-order valence-electron chi connectivity index (χ1n) is 8.51. The number of carbonyl (C=O) groups excluding carboxylic acids is 2. The molecule has 1 N–H and O–H groups in total. The number of ether oxygens (including phenoxy) is 2. The second-order valence-electron chi connectivity index (χ2n) is 5.85. The van der Waals surface area contributed by atoms with Crippen LogP contribution in [0.5, 0.6) is 5.75 Å². The van der Waals surface area contributed by atoms with Crippen LogP contribution in [0, 0.1) is 12.7 Å². The van der Waals surface area contributed by atoms with E-state index in [0.29, 0.717) is 5.56 Å². The number of amides is 1. The van der Waals surface area contributed by atoms with Gasteiger partial charge in [-0.3, -0.25) is 4.79 Å². The maximum absolute atomic E-state index is 13.6. The Hall–Kier alpha value is -3.15. The summed E-state index contributed by atoms with van der Waals surface area (Å²) < 4.78 is 23.4. The average Bonchev–Trinajstić information content (AvgIpc) is 2.66. The van der Waals surface area contributed by atoms with Gasteiger partial charge in [-0.15, -0.1) is 0 Å². The van der Waals surface area contributed by atoms with Crippen LogP contribution in [0.3, 0.4) is 0 Å². The lowest BCUT2D eigenvalue weighted by molar-refractivity contribution is -0.142. The van der Waals surface area contributed by atoms with E-state index in [1.807, 2.05) is 32.0 Å². The predicted molar refractivity (Wildman–Crippen MR) is 102 cm³/mol. The van der Waals surface area contributed by atoms with E-state index in [-0.39, 0.29) is 5.75 Å². The van der Waals surface area contributed by atoms with Gasteiger partial charge in [0.25, 0.3) is 5.91 Å². The van der Waals surface area contributed by atoms with Crippen LogP contribution >= 0.6 is 0 Å². The van der Waals surface area contributed by atoms with Gasteiger partial charge < -0.3 is 14.8 Å². The standard InChI is InChI=1S/C21H22FNO4/c1-4-16-7-5-6-14(2)21(16)23-19(24)13-27-20(25)11-9-15-8-10-18(26-3)17(22)12-15/h5-12H,4,13H2,1-3H3,(H,23,24)/b11-9+. The van der Waals surface area contributed by atoms with Crippen LogP contribution in [0.25, 0.3) is 6.08 Å². The molecule has 0 aliphatic carbocycles. The minimum atomic E-state index is -0.693. The summed E-state index contributed by atoms with van der Waals surface area (Å²) in [5.74, 6) is -1.52. The van der Waals surface area contributed by atoms with E-state index in [0.717, 1.165) is 29.3 Å². The number of hydrogen-bond acceptors (Lipinski definition) is 4. The topological polar surface area (TPSA) is 64.6 Å². The molecule has 2 aromatic rings. The number of benzene rings is 2. The van der Waals surface area contributed by atoms with Gasteiger partial charge >= 0.3 is 5.97 Å². The number of rotatable bonds is 7. The Balaban J connectivity index is 1.90. The third-order valence-corrected chi connectivity index (χ3v) is 3.94. The molecule has 5 nitrogen and oxygen atoms in total. The third kappa shape index (κ3) is 5.67. The molecular formula is C21H22FNO4. The number of para-hydroxylation sites is 1. The van der Waals surface area contributed by atoms with Crippen molar-refractivity contribution in [1.29, 1.82) is 0 Å². The molecule has 0 saturated carbocycles. The number of methoxy groups -OCH3 is 1. The Morgan fingerprint density at radius 1 is 1.22 bits per heavy atom. The highest BCUT2D eigenvalue weighted by Gasteiger charge is 2.10. The largest absolute Gasteiger partial charge is 0.494 e. The fourth-order valence-corrected chi connectivity index (χ4v) is 2.51. The summed E-state index contributed by atoms with van der Waals surface area (Å²) in [6, 6.07) is 10.1. The van der Waals surface area contributed by atoms with Crippen LogP contribution in [0.15, 0.2) is 42.5 Å². The molecule has 0 saturated heterocycles. The first-order valence-corrected chi connectivity index (χ1v) is 8.51. The van der Waals surface area contributed by atoms with E-state index in [2.05, 4.69) is 5.32 Å². The number of carbonyl (C=O) groups is 2. The second-order valence-corrected chi connectivity index (χ2v) is 5.85. The smallest absolute Gasteiger partial charge is 0.331 e. The number of esters is 1. The summed E-state index contributed by atoms with van der Waals surface area (Å²) in [4.78, 5) is 23.8. The molecule has 0 radical (unpaired) electrons. The maximum atomic E-state index is 13.6. The molecule has 0 aliphatic heterocycles. The van der Waals surface area contributed by atoms with Crippen LogP contribution in [0.2, 0.25) is 0 Å². The number of anilines is 1. The van der Waals surface area contributed by atoms with Crippen molar-refractivity contribution in [3.63, 3.8) is 0 Å². The van der Waals surface area contributed by atoms with E-state index >= 15 is 0 Å². The van der Waals surface area contributed by atoms with Crippen LogP contribution < -0.4 is 10.1 Å². The minimum Gasteiger partial charge on any atom is -0.494 e. The van der Waals surface area contributed by atoms with Gasteiger partial charge in [-0.25, -0.2) is 9.18 Å². The number of aryl methyl sites for hydroxylation is 2. The molecule has 27 heavy (non-hydrogen) atoms. The van der Waals surface area contributed by atoms with E-state index < -0.39 is 24.3 Å². The number of halogens is 1. The van der Waals surface area contributed by atoms with Crippen LogP contribution in [-0.4, -0.2) is 25.6 Å². The monoisotopic (exact) mass is 371 g/mol. The lowest BCUT2D eigenvalue weighted by Crippen LogP contribution is -2.21. The van der Waals surface area contributed by atoms with Gasteiger partial charge in [0.05, 0.1) is 7.11 Å². The lowest BCUT2D eigenvalue weighted by atomic mass is 10.1. The van der Waals surface area contributed by atoms with Gasteiger partial charge in [-0.05, 0) is 48.2 Å². The summed E-state index contributed by atoms with van der Waals surface area (Å²) in [7, 11) is 1.37. The van der Waals surface area contributed by atoms with Gasteiger partial charge in [0, 0.05) is 11.8 Å². The van der Waals surface area contributed by atoms with E-state index in [1.54, 1.807) is 6.07 Å². The highest BCUT2D eigenvalue weighted by molar-refractivity contribution is 5.95. The fraction of sp³-hybridized carbons (Fsp3) is 0.238. The lowest BCUT2D eigenvalue weighted by Gasteiger charge is -2.12. The van der Waals surface area contributed by atoms with E-state index in [9.17, 15) is 14.0 Å². The summed E-state index contributed by atoms with van der Waals surface area (Å²) in [6.45, 7) is 3.49. The highest BCUT2D eigenvalue weighted by atomic mass is 19.1. The summed E-state index contributed by atoms with van der Waals surface area (Å²) in [5.41, 5.74) is 3.17. The normalized spacial score (nSPS) is 10.7. The van der Waals surface area contributed by atoms with Crippen LogP contribution in [0.4, 0.5) is 10.1 Å². The first-order chi connectivity index (χ1) is 12.9. The molecule has 2 aromatic carbocycles. The maximum Gasteiger partial charge on any atom is 0.331 e. The second kappa shape index (κ2) is 9.52. The molecule has 0 atom stereocenters. The Labute approximate surface area is 157 Å². The zero-order chi connectivity index (χ0) is 19.8. The molecule has 2 rings (SSSR count). The highest BCUT2D eigenvalue weighted by Crippen LogP contribution is 2.21. The number of nitrogens with one attached hydrogen (secondary N) is 1. The zero-order valence-corrected chi connectivity index (χ0v) is 15.5. The molecule has 6 heteroatoms. The molecular weight excluding hydrogens is 349 g/mol. The molecule has 1 amide bonds. The van der Waals surface area contributed by atoms with E-state index in [1.165, 1.54) is 25.3 Å². The van der Waals surface area contributed by atoms with Crippen LogP contribution in [-0.2, 0) is 20.7 Å². The van der Waals surface area contributed by atoms with Crippen molar-refractivity contribution in [2.45, 2.75) is 20.3 Å². The molecule has 0 aromatic heterocycles. The third-order valence-electron chi connectivity index (χ3n) is 3.94. The SMILES string of the molecule is CCc1cccc(C)c1NC(=O)COC(=O)/C=C/c1ccc(OC)c(F)c1. The quantitative estimate of drug-likeness (QED) is 0.592. The van der Waals surface area contributed by atoms with Crippen molar-refractivity contribution >= 4 is 23.6 Å². The Morgan fingerprint density at radius 2 is 2.00 bits per heavy atom. The van der Waals surface area contributed by atoms with Crippen molar-refractivity contribution < 1.29 is 23.5 Å². The van der Waals surface area contributed by atoms with Gasteiger partial charge in [-0.1, -0.05) is 31.2 Å². The van der Waals surface area contributed by atoms with E-state index in [4.69, 9.17) is 9.47 Å². The predicted octanol–water partition coefficient (Wildman–Crippen LogP) is 3.90. The van der Waals surface area contributed by atoms with Gasteiger partial charge in [0.15, 0.2) is 18.2 Å². The molecule has 0 spiro atoms. The van der Waals surface area contributed by atoms with Gasteiger partial charge in [0.1, 0.15) is 0 Å². The zero-order valence-electron chi connectivity index (χ0n) is 15.5. The Morgan fingerprint density at radius 3 is 2.67 bits per heavy atom. The average molecular weight is 371 g/mol. The molecule has 0 bridgehead atoms. The summed E-state index contributed by atoms with van der Waals surface area (Å²) in [5, 5.41) is 2.78. The fourth-order valence-electron chi connectivity index (χ4n) is 2.51. The summed E-state index contributed by atoms with van der Waals surface area (Å²) in [6.07, 6.45) is 3.32. The molecule has 0 unspecified atom stereocenters. The van der Waals surface area contributed by atoms with Crippen molar-refractivity contribution in [3.05, 3.63) is 65.0 Å². The van der Waals surface area contributed by atoms with Crippen molar-refractivity contribution in [3.8, 4) is 5.75 Å².